The summed E-state index contributed by atoms with van der Waals surface area (Å²) in [6.45, 7) is 0.642. The van der Waals surface area contributed by atoms with Crippen LogP contribution in [0.4, 0.5) is 13.2 Å². The van der Waals surface area contributed by atoms with Crippen LogP contribution < -0.4 is 11.1 Å². The van der Waals surface area contributed by atoms with Crippen LogP contribution in [0.3, 0.4) is 0 Å². The number of hydrogen-bond acceptors (Lipinski definition) is 3. The van der Waals surface area contributed by atoms with E-state index in [-0.39, 0.29) is 36.9 Å². The highest BCUT2D eigenvalue weighted by Crippen LogP contribution is 2.31. The molecule has 3 rings (SSSR count). The van der Waals surface area contributed by atoms with Gasteiger partial charge in [-0.3, -0.25) is 9.59 Å². The summed E-state index contributed by atoms with van der Waals surface area (Å²) in [6, 6.07) is 4.92. The normalized spacial score (nSPS) is 22.3. The van der Waals surface area contributed by atoms with E-state index in [0.29, 0.717) is 12.1 Å². The third-order valence-corrected chi connectivity index (χ3v) is 5.55. The summed E-state index contributed by atoms with van der Waals surface area (Å²) < 4.78 is 38.5. The van der Waals surface area contributed by atoms with E-state index in [9.17, 15) is 22.8 Å². The average Bonchev–Trinajstić information content (AvgIpc) is 3.22. The number of alkyl halides is 3. The highest BCUT2D eigenvalue weighted by atomic mass is 19.4. The number of amides is 2. The summed E-state index contributed by atoms with van der Waals surface area (Å²) in [5.41, 5.74) is 5.11. The van der Waals surface area contributed by atoms with Crippen molar-refractivity contribution in [1.82, 2.24) is 10.2 Å². The number of nitrogens with zero attached hydrogens (tertiary/aromatic N) is 1. The molecular weight excluding hydrogens is 359 g/mol. The lowest BCUT2D eigenvalue weighted by molar-refractivity contribution is -0.137. The number of likely N-dealkylation sites (tertiary alicyclic amines) is 1. The van der Waals surface area contributed by atoms with Crippen LogP contribution in [0, 0.1) is 5.92 Å². The topological polar surface area (TPSA) is 75.4 Å². The van der Waals surface area contributed by atoms with Crippen molar-refractivity contribution in [2.75, 3.05) is 13.1 Å². The Morgan fingerprint density at radius 3 is 2.63 bits per heavy atom. The van der Waals surface area contributed by atoms with Crippen LogP contribution >= 0.6 is 0 Å². The minimum absolute atomic E-state index is 0.0641. The molecule has 148 valence electrons. The smallest absolute Gasteiger partial charge is 0.349 e. The van der Waals surface area contributed by atoms with E-state index >= 15 is 0 Å². The zero-order valence-electron chi connectivity index (χ0n) is 15.0. The summed E-state index contributed by atoms with van der Waals surface area (Å²) in [5, 5.41) is 3.03. The lowest BCUT2D eigenvalue weighted by Gasteiger charge is -2.30. The monoisotopic (exact) mass is 383 g/mol. The summed E-state index contributed by atoms with van der Waals surface area (Å²) >= 11 is 0. The van der Waals surface area contributed by atoms with Crippen molar-refractivity contribution in [3.8, 4) is 0 Å². The molecule has 0 aromatic heterocycles. The molecule has 2 amide bonds. The number of carbonyl (C=O) groups is 2. The molecule has 1 aliphatic carbocycles. The van der Waals surface area contributed by atoms with Gasteiger partial charge in [0.1, 0.15) is 0 Å². The van der Waals surface area contributed by atoms with E-state index in [1.54, 1.807) is 6.07 Å². The van der Waals surface area contributed by atoms with Crippen LogP contribution in [0.1, 0.15) is 43.2 Å². The van der Waals surface area contributed by atoms with Gasteiger partial charge < -0.3 is 16.0 Å². The molecule has 2 fully saturated rings. The predicted molar refractivity (Wildman–Crippen MR) is 93.4 cm³/mol. The van der Waals surface area contributed by atoms with E-state index in [2.05, 4.69) is 5.32 Å². The third kappa shape index (κ3) is 4.43. The van der Waals surface area contributed by atoms with Crippen LogP contribution in [0.5, 0.6) is 0 Å². The largest absolute Gasteiger partial charge is 0.416 e. The van der Waals surface area contributed by atoms with E-state index < -0.39 is 17.7 Å². The van der Waals surface area contributed by atoms with E-state index in [0.717, 1.165) is 37.8 Å². The molecule has 1 heterocycles. The first kappa shape index (κ1) is 19.7. The van der Waals surface area contributed by atoms with Gasteiger partial charge in [-0.25, -0.2) is 0 Å². The zero-order valence-corrected chi connectivity index (χ0v) is 15.0. The van der Waals surface area contributed by atoms with Gasteiger partial charge in [-0.1, -0.05) is 25.0 Å². The van der Waals surface area contributed by atoms with Gasteiger partial charge in [0, 0.05) is 26.1 Å². The number of halogens is 3. The molecule has 1 aromatic rings. The lowest BCUT2D eigenvalue weighted by atomic mass is 9.96. The van der Waals surface area contributed by atoms with Gasteiger partial charge in [0.05, 0.1) is 17.0 Å². The Bertz CT molecular complexity index is 714. The van der Waals surface area contributed by atoms with E-state index in [1.807, 2.05) is 0 Å². The van der Waals surface area contributed by atoms with Crippen LogP contribution in [-0.4, -0.2) is 35.3 Å². The second kappa shape index (κ2) is 7.50. The van der Waals surface area contributed by atoms with Crippen molar-refractivity contribution in [2.24, 2.45) is 11.7 Å². The molecule has 3 N–H and O–H groups in total. The summed E-state index contributed by atoms with van der Waals surface area (Å²) in [5.74, 6) is -0.907. The summed E-state index contributed by atoms with van der Waals surface area (Å²) in [6.07, 6.45) is -0.643. The van der Waals surface area contributed by atoms with E-state index in [4.69, 9.17) is 5.73 Å². The molecule has 2 aliphatic rings. The Kier molecular flexibility index (Phi) is 5.46. The highest BCUT2D eigenvalue weighted by molar-refractivity contribution is 5.89. The number of nitrogens with one attached hydrogen (secondary N) is 1. The average molecular weight is 383 g/mol. The molecule has 5 nitrogen and oxygen atoms in total. The van der Waals surface area contributed by atoms with Crippen LogP contribution in [-0.2, 0) is 22.3 Å². The van der Waals surface area contributed by atoms with Crippen LogP contribution in [0.25, 0.3) is 0 Å². The van der Waals surface area contributed by atoms with Crippen molar-refractivity contribution >= 4 is 11.8 Å². The van der Waals surface area contributed by atoms with Crippen molar-refractivity contribution in [1.29, 1.82) is 0 Å². The molecule has 0 spiro atoms. The minimum Gasteiger partial charge on any atom is -0.349 e. The number of benzene rings is 1. The Balaban J connectivity index is 1.63. The number of rotatable bonds is 5. The second-order valence-corrected chi connectivity index (χ2v) is 7.55. The van der Waals surface area contributed by atoms with Gasteiger partial charge in [-0.2, -0.15) is 13.2 Å². The number of nitrogens with two attached hydrogens (primary N) is 1. The maximum Gasteiger partial charge on any atom is 0.416 e. The van der Waals surface area contributed by atoms with Crippen molar-refractivity contribution in [3.05, 3.63) is 35.4 Å². The van der Waals surface area contributed by atoms with Gasteiger partial charge in [0.2, 0.25) is 11.8 Å². The van der Waals surface area contributed by atoms with Gasteiger partial charge in [-0.15, -0.1) is 0 Å². The Hall–Kier alpha value is -2.09. The lowest BCUT2D eigenvalue weighted by Crippen LogP contribution is -2.53. The van der Waals surface area contributed by atoms with Gasteiger partial charge in [-0.05, 0) is 30.5 Å². The Labute approximate surface area is 156 Å². The van der Waals surface area contributed by atoms with Gasteiger partial charge in [0.25, 0.3) is 0 Å². The maximum atomic E-state index is 12.8. The Morgan fingerprint density at radius 1 is 1.30 bits per heavy atom. The molecule has 1 atom stereocenters. The molecule has 1 aromatic carbocycles. The fourth-order valence-corrected chi connectivity index (χ4v) is 3.96. The SMILES string of the molecule is NCC1(NC(=O)C2CC(=O)N(Cc3cccc(C(F)(F)F)c3)C2)CCCC1. The van der Waals surface area contributed by atoms with Crippen molar-refractivity contribution < 1.29 is 22.8 Å². The van der Waals surface area contributed by atoms with Gasteiger partial charge >= 0.3 is 6.18 Å². The highest BCUT2D eigenvalue weighted by Gasteiger charge is 2.40. The van der Waals surface area contributed by atoms with E-state index in [1.165, 1.54) is 11.0 Å². The molecule has 1 unspecified atom stereocenters. The number of carbonyl (C=O) groups excluding carboxylic acids is 2. The zero-order chi connectivity index (χ0) is 19.7. The standard InChI is InChI=1S/C19H24F3N3O2/c20-19(21,22)15-5-3-4-13(8-15)10-25-11-14(9-16(25)26)17(27)24-18(12-23)6-1-2-7-18/h3-5,8,14H,1-2,6-7,9-12,23H2,(H,24,27). The molecule has 8 heteroatoms. The molecule has 1 aliphatic heterocycles. The first-order valence-electron chi connectivity index (χ1n) is 9.18. The maximum absolute atomic E-state index is 12.8. The van der Waals surface area contributed by atoms with Crippen molar-refractivity contribution in [3.63, 3.8) is 0 Å². The molecule has 1 saturated carbocycles. The second-order valence-electron chi connectivity index (χ2n) is 7.55. The van der Waals surface area contributed by atoms with Crippen molar-refractivity contribution in [2.45, 2.75) is 50.4 Å². The van der Waals surface area contributed by atoms with Crippen LogP contribution in [0.15, 0.2) is 24.3 Å². The first-order chi connectivity index (χ1) is 12.7. The fourth-order valence-electron chi connectivity index (χ4n) is 3.96. The quantitative estimate of drug-likeness (QED) is 0.820. The van der Waals surface area contributed by atoms with Gasteiger partial charge in [0.15, 0.2) is 0 Å². The Morgan fingerprint density at radius 2 is 2.00 bits per heavy atom. The molecule has 27 heavy (non-hydrogen) atoms. The third-order valence-electron chi connectivity index (χ3n) is 5.55. The van der Waals surface area contributed by atoms with Crippen LogP contribution in [0.2, 0.25) is 0 Å². The summed E-state index contributed by atoms with van der Waals surface area (Å²) in [7, 11) is 0. The molecular formula is C19H24F3N3O2. The fraction of sp³-hybridized carbons (Fsp3) is 0.579. The minimum atomic E-state index is -4.43. The molecule has 0 bridgehead atoms. The molecule has 1 saturated heterocycles. The first-order valence-corrected chi connectivity index (χ1v) is 9.18. The molecule has 0 radical (unpaired) electrons. The summed E-state index contributed by atoms with van der Waals surface area (Å²) in [4.78, 5) is 26.3. The number of hydrogen-bond donors (Lipinski definition) is 2. The predicted octanol–water partition coefficient (Wildman–Crippen LogP) is 2.44.